The first-order valence-electron chi connectivity index (χ1n) is 7.81. The highest BCUT2D eigenvalue weighted by Gasteiger charge is 2.39. The number of carbonyl (C=O) groups excluding carboxylic acids is 1. The van der Waals surface area contributed by atoms with E-state index >= 15 is 4.39 Å². The number of benzene rings is 1. The SMILES string of the molecule is O=C(O)Cc1sccc1C(=O)N1CCCC(F)(c2ccccc2)C1. The molecule has 1 fully saturated rings. The number of amides is 1. The van der Waals surface area contributed by atoms with Crippen LogP contribution in [0.2, 0.25) is 0 Å². The van der Waals surface area contributed by atoms with Gasteiger partial charge in [0.2, 0.25) is 0 Å². The lowest BCUT2D eigenvalue weighted by molar-refractivity contribution is -0.136. The minimum Gasteiger partial charge on any atom is -0.481 e. The first-order chi connectivity index (χ1) is 11.5. The molecule has 1 unspecified atom stereocenters. The molecule has 126 valence electrons. The zero-order chi connectivity index (χ0) is 17.2. The number of aliphatic carboxylic acids is 1. The van der Waals surface area contributed by atoms with Crippen molar-refractivity contribution in [3.63, 3.8) is 0 Å². The second-order valence-electron chi connectivity index (χ2n) is 5.99. The van der Waals surface area contributed by atoms with Crippen LogP contribution in [-0.4, -0.2) is 35.0 Å². The summed E-state index contributed by atoms with van der Waals surface area (Å²) in [6.45, 7) is 0.484. The fourth-order valence-electron chi connectivity index (χ4n) is 3.13. The van der Waals surface area contributed by atoms with Crippen LogP contribution in [0.1, 0.15) is 33.6 Å². The number of carbonyl (C=O) groups is 2. The van der Waals surface area contributed by atoms with Gasteiger partial charge >= 0.3 is 5.97 Å². The molecule has 1 amide bonds. The van der Waals surface area contributed by atoms with Crippen molar-refractivity contribution < 1.29 is 19.1 Å². The van der Waals surface area contributed by atoms with Crippen molar-refractivity contribution in [2.24, 2.45) is 0 Å². The van der Waals surface area contributed by atoms with Gasteiger partial charge in [0.1, 0.15) is 0 Å². The summed E-state index contributed by atoms with van der Waals surface area (Å²) < 4.78 is 15.4. The van der Waals surface area contributed by atoms with Crippen LogP contribution in [0.5, 0.6) is 0 Å². The van der Waals surface area contributed by atoms with E-state index in [1.807, 2.05) is 6.07 Å². The van der Waals surface area contributed by atoms with Gasteiger partial charge in [0.15, 0.2) is 5.67 Å². The van der Waals surface area contributed by atoms with Crippen LogP contribution in [0, 0.1) is 0 Å². The molecule has 1 aromatic heterocycles. The van der Waals surface area contributed by atoms with Gasteiger partial charge in [-0.2, -0.15) is 0 Å². The van der Waals surface area contributed by atoms with Crippen molar-refractivity contribution in [3.8, 4) is 0 Å². The molecule has 6 heteroatoms. The largest absolute Gasteiger partial charge is 0.481 e. The number of likely N-dealkylation sites (tertiary alicyclic amines) is 1. The first kappa shape index (κ1) is 16.6. The number of thiophene rings is 1. The summed E-state index contributed by atoms with van der Waals surface area (Å²) in [7, 11) is 0. The van der Waals surface area contributed by atoms with E-state index in [1.54, 1.807) is 35.7 Å². The number of hydrogen-bond donors (Lipinski definition) is 1. The maximum Gasteiger partial charge on any atom is 0.308 e. The summed E-state index contributed by atoms with van der Waals surface area (Å²) in [6.07, 6.45) is 0.772. The molecule has 0 aliphatic carbocycles. The molecule has 3 rings (SSSR count). The third-order valence-corrected chi connectivity index (χ3v) is 5.23. The lowest BCUT2D eigenvalue weighted by atomic mass is 9.87. The zero-order valence-corrected chi connectivity index (χ0v) is 13.9. The van der Waals surface area contributed by atoms with E-state index in [1.165, 1.54) is 16.2 Å². The van der Waals surface area contributed by atoms with Gasteiger partial charge in [-0.3, -0.25) is 9.59 Å². The third kappa shape index (κ3) is 3.33. The number of rotatable bonds is 4. The number of halogens is 1. The highest BCUT2D eigenvalue weighted by molar-refractivity contribution is 7.10. The van der Waals surface area contributed by atoms with E-state index in [0.717, 1.165) is 0 Å². The number of hydrogen-bond acceptors (Lipinski definition) is 3. The van der Waals surface area contributed by atoms with Crippen molar-refractivity contribution in [1.82, 2.24) is 4.90 Å². The molecule has 1 N–H and O–H groups in total. The summed E-state index contributed by atoms with van der Waals surface area (Å²) in [5, 5.41) is 10.7. The average molecular weight is 347 g/mol. The summed E-state index contributed by atoms with van der Waals surface area (Å²) in [6, 6.07) is 10.5. The Kier molecular flexibility index (Phi) is 4.66. The molecule has 0 radical (unpaired) electrons. The van der Waals surface area contributed by atoms with Crippen molar-refractivity contribution in [1.29, 1.82) is 0 Å². The van der Waals surface area contributed by atoms with Gasteiger partial charge in [-0.1, -0.05) is 30.3 Å². The van der Waals surface area contributed by atoms with Gasteiger partial charge in [-0.25, -0.2) is 4.39 Å². The van der Waals surface area contributed by atoms with Gasteiger partial charge in [0, 0.05) is 11.4 Å². The Bertz CT molecular complexity index is 746. The average Bonchev–Trinajstić information content (AvgIpc) is 3.02. The molecule has 24 heavy (non-hydrogen) atoms. The van der Waals surface area contributed by atoms with Gasteiger partial charge in [-0.05, 0) is 29.9 Å². The van der Waals surface area contributed by atoms with E-state index in [4.69, 9.17) is 5.11 Å². The second-order valence-corrected chi connectivity index (χ2v) is 6.99. The Hall–Kier alpha value is -2.21. The summed E-state index contributed by atoms with van der Waals surface area (Å²) >= 11 is 1.24. The maximum absolute atomic E-state index is 15.4. The Morgan fingerprint density at radius 3 is 2.71 bits per heavy atom. The molecule has 1 aliphatic heterocycles. The van der Waals surface area contributed by atoms with Crippen molar-refractivity contribution in [2.75, 3.05) is 13.1 Å². The lowest BCUT2D eigenvalue weighted by Gasteiger charge is -2.37. The number of carboxylic acid groups (broad SMARTS) is 1. The topological polar surface area (TPSA) is 57.6 Å². The molecule has 1 atom stereocenters. The Morgan fingerprint density at radius 2 is 2.00 bits per heavy atom. The van der Waals surface area contributed by atoms with Crippen molar-refractivity contribution >= 4 is 23.2 Å². The summed E-state index contributed by atoms with van der Waals surface area (Å²) in [5.41, 5.74) is -0.601. The van der Waals surface area contributed by atoms with E-state index in [-0.39, 0.29) is 18.9 Å². The minimum atomic E-state index is -1.56. The first-order valence-corrected chi connectivity index (χ1v) is 8.69. The summed E-state index contributed by atoms with van der Waals surface area (Å²) in [5.74, 6) is -1.26. The molecular formula is C18H18FNO3S. The van der Waals surface area contributed by atoms with Crippen LogP contribution in [0.3, 0.4) is 0 Å². The number of nitrogens with zero attached hydrogens (tertiary/aromatic N) is 1. The summed E-state index contributed by atoms with van der Waals surface area (Å²) in [4.78, 5) is 25.7. The Labute approximate surface area is 143 Å². The Morgan fingerprint density at radius 1 is 1.25 bits per heavy atom. The van der Waals surface area contributed by atoms with Crippen molar-refractivity contribution in [2.45, 2.75) is 24.9 Å². The number of alkyl halides is 1. The highest BCUT2D eigenvalue weighted by atomic mass is 32.1. The van der Waals surface area contributed by atoms with Gasteiger partial charge < -0.3 is 10.0 Å². The predicted molar refractivity (Wildman–Crippen MR) is 90.0 cm³/mol. The minimum absolute atomic E-state index is 0.00178. The molecule has 1 aromatic carbocycles. The van der Waals surface area contributed by atoms with Crippen LogP contribution in [0.15, 0.2) is 41.8 Å². The Balaban J connectivity index is 1.81. The van der Waals surface area contributed by atoms with Crippen LogP contribution >= 0.6 is 11.3 Å². The third-order valence-electron chi connectivity index (χ3n) is 4.31. The fourth-order valence-corrected chi connectivity index (χ4v) is 3.99. The van der Waals surface area contributed by atoms with Crippen LogP contribution in [0.25, 0.3) is 0 Å². The molecule has 2 aromatic rings. The van der Waals surface area contributed by atoms with Crippen LogP contribution < -0.4 is 0 Å². The van der Waals surface area contributed by atoms with Gasteiger partial charge in [0.05, 0.1) is 18.5 Å². The molecule has 4 nitrogen and oxygen atoms in total. The van der Waals surface area contributed by atoms with E-state index in [0.29, 0.717) is 35.4 Å². The smallest absolute Gasteiger partial charge is 0.308 e. The predicted octanol–water partition coefficient (Wildman–Crippen LogP) is 3.48. The van der Waals surface area contributed by atoms with Gasteiger partial charge in [0.25, 0.3) is 5.91 Å². The second kappa shape index (κ2) is 6.73. The molecular weight excluding hydrogens is 329 g/mol. The molecule has 1 aliphatic rings. The van der Waals surface area contributed by atoms with Crippen LogP contribution in [-0.2, 0) is 16.9 Å². The highest BCUT2D eigenvalue weighted by Crippen LogP contribution is 2.36. The molecule has 1 saturated heterocycles. The van der Waals surface area contributed by atoms with E-state index in [2.05, 4.69) is 0 Å². The molecule has 0 saturated carbocycles. The van der Waals surface area contributed by atoms with Gasteiger partial charge in [-0.15, -0.1) is 11.3 Å². The van der Waals surface area contributed by atoms with E-state index < -0.39 is 11.6 Å². The standard InChI is InChI=1S/C18H18FNO3S/c19-18(13-5-2-1-3-6-13)8-4-9-20(12-18)17(23)14-7-10-24-15(14)11-16(21)22/h1-3,5-7,10H,4,8-9,11-12H2,(H,21,22). The van der Waals surface area contributed by atoms with Crippen LogP contribution in [0.4, 0.5) is 4.39 Å². The molecule has 2 heterocycles. The number of carboxylic acids is 1. The zero-order valence-electron chi connectivity index (χ0n) is 13.1. The normalized spacial score (nSPS) is 20.8. The number of piperidine rings is 1. The van der Waals surface area contributed by atoms with Crippen molar-refractivity contribution in [3.05, 3.63) is 57.8 Å². The lowest BCUT2D eigenvalue weighted by Crippen LogP contribution is -2.46. The quantitative estimate of drug-likeness (QED) is 0.921. The monoisotopic (exact) mass is 347 g/mol. The van der Waals surface area contributed by atoms with E-state index in [9.17, 15) is 9.59 Å². The molecule has 0 spiro atoms. The molecule has 0 bridgehead atoms. The fraction of sp³-hybridized carbons (Fsp3) is 0.333. The maximum atomic E-state index is 15.4.